The average Bonchev–Trinajstić information content (AvgIpc) is 3.11. The minimum Gasteiger partial charge on any atom is -0.383 e. The van der Waals surface area contributed by atoms with Crippen LogP contribution in [0.1, 0.15) is 12.5 Å². The Hall–Kier alpha value is -3.69. The number of alkyl halides is 3. The van der Waals surface area contributed by atoms with Crippen molar-refractivity contribution in [2.45, 2.75) is 19.6 Å². The molecule has 10 heteroatoms. The van der Waals surface area contributed by atoms with Crippen molar-refractivity contribution in [1.82, 2.24) is 24.1 Å². The number of hydrogen-bond donors (Lipinski definition) is 1. The third-order valence-electron chi connectivity index (χ3n) is 4.50. The summed E-state index contributed by atoms with van der Waals surface area (Å²) in [4.78, 5) is 19.7. The van der Waals surface area contributed by atoms with E-state index in [1.165, 1.54) is 27.5 Å². The lowest BCUT2D eigenvalue weighted by Crippen LogP contribution is -2.17. The molecular formula is C19H15F3N6O. The van der Waals surface area contributed by atoms with E-state index >= 15 is 0 Å². The maximum Gasteiger partial charge on any atom is 0.419 e. The Balaban J connectivity index is 1.86. The molecule has 0 spiro atoms. The predicted octanol–water partition coefficient (Wildman–Crippen LogP) is 3.24. The van der Waals surface area contributed by atoms with Gasteiger partial charge in [0.25, 0.3) is 5.56 Å². The summed E-state index contributed by atoms with van der Waals surface area (Å²) < 4.78 is 42.5. The van der Waals surface area contributed by atoms with Crippen LogP contribution >= 0.6 is 0 Å². The molecule has 4 aromatic heterocycles. The van der Waals surface area contributed by atoms with Crippen LogP contribution in [0.5, 0.6) is 0 Å². The smallest absolute Gasteiger partial charge is 0.383 e. The number of anilines is 1. The van der Waals surface area contributed by atoms with Crippen LogP contribution in [0.4, 0.5) is 19.0 Å². The molecule has 0 aliphatic heterocycles. The van der Waals surface area contributed by atoms with Crippen LogP contribution in [0.3, 0.4) is 0 Å². The zero-order chi connectivity index (χ0) is 20.8. The van der Waals surface area contributed by atoms with Crippen LogP contribution in [0.15, 0.2) is 53.7 Å². The summed E-state index contributed by atoms with van der Waals surface area (Å²) in [7, 11) is 0. The summed E-state index contributed by atoms with van der Waals surface area (Å²) in [6, 6.07) is 7.44. The fourth-order valence-corrected chi connectivity index (χ4v) is 3.00. The van der Waals surface area contributed by atoms with Crippen molar-refractivity contribution >= 4 is 11.5 Å². The monoisotopic (exact) mass is 400 g/mol. The molecular weight excluding hydrogens is 385 g/mol. The molecule has 4 heterocycles. The number of nitrogen functional groups attached to an aromatic ring is 1. The number of nitrogens with zero attached hydrogens (tertiary/aromatic N) is 5. The highest BCUT2D eigenvalue weighted by Crippen LogP contribution is 2.35. The Morgan fingerprint density at radius 1 is 1.07 bits per heavy atom. The molecule has 0 unspecified atom stereocenters. The second-order valence-electron chi connectivity index (χ2n) is 6.33. The van der Waals surface area contributed by atoms with Crippen LogP contribution in [-0.2, 0) is 12.7 Å². The van der Waals surface area contributed by atoms with Gasteiger partial charge in [0.05, 0.1) is 23.1 Å². The van der Waals surface area contributed by atoms with E-state index in [4.69, 9.17) is 5.73 Å². The second kappa shape index (κ2) is 6.73. The zero-order valence-electron chi connectivity index (χ0n) is 15.2. The van der Waals surface area contributed by atoms with E-state index in [0.29, 0.717) is 29.1 Å². The first kappa shape index (κ1) is 18.7. The predicted molar refractivity (Wildman–Crippen MR) is 101 cm³/mol. The second-order valence-corrected chi connectivity index (χ2v) is 6.33. The molecule has 0 saturated heterocycles. The molecule has 0 fully saturated rings. The summed E-state index contributed by atoms with van der Waals surface area (Å²) in [6.07, 6.45) is -0.272. The molecule has 0 amide bonds. The molecule has 0 aromatic carbocycles. The van der Waals surface area contributed by atoms with E-state index in [0.717, 1.165) is 6.07 Å². The number of nitrogens with two attached hydrogens (primary N) is 1. The van der Waals surface area contributed by atoms with Crippen molar-refractivity contribution in [1.29, 1.82) is 0 Å². The molecule has 0 saturated carbocycles. The van der Waals surface area contributed by atoms with Gasteiger partial charge in [-0.1, -0.05) is 0 Å². The zero-order valence-corrected chi connectivity index (χ0v) is 15.2. The standard InChI is InChI=1S/C19H15F3N6O/c1-2-27-10-11(3-6-17(27)29)14-4-5-16-24-9-15(28(16)26-14)12-7-13(19(20,21)22)18(23)25-8-12/h3-10H,2H2,1H3,(H2,23,25). The number of halogens is 3. The van der Waals surface area contributed by atoms with Gasteiger partial charge in [-0.05, 0) is 31.2 Å². The lowest BCUT2D eigenvalue weighted by Gasteiger charge is -2.11. The van der Waals surface area contributed by atoms with Crippen LogP contribution in [-0.4, -0.2) is 24.1 Å². The molecule has 4 aromatic rings. The Bertz CT molecular complexity index is 1280. The van der Waals surface area contributed by atoms with Crippen molar-refractivity contribution in [3.8, 4) is 22.5 Å². The van der Waals surface area contributed by atoms with Gasteiger partial charge in [-0.3, -0.25) is 4.79 Å². The van der Waals surface area contributed by atoms with Gasteiger partial charge in [-0.25, -0.2) is 14.5 Å². The molecule has 0 aliphatic rings. The van der Waals surface area contributed by atoms with Crippen LogP contribution < -0.4 is 11.3 Å². The molecule has 4 rings (SSSR count). The van der Waals surface area contributed by atoms with Gasteiger partial charge in [0.1, 0.15) is 5.82 Å². The Morgan fingerprint density at radius 2 is 1.86 bits per heavy atom. The fraction of sp³-hybridized carbons (Fsp3) is 0.158. The van der Waals surface area contributed by atoms with Crippen molar-refractivity contribution < 1.29 is 13.2 Å². The number of aryl methyl sites for hydroxylation is 1. The number of rotatable bonds is 3. The van der Waals surface area contributed by atoms with Gasteiger partial charge >= 0.3 is 6.18 Å². The number of pyridine rings is 2. The third kappa shape index (κ3) is 3.33. The van der Waals surface area contributed by atoms with Crippen LogP contribution in [0.2, 0.25) is 0 Å². The number of hydrogen-bond acceptors (Lipinski definition) is 5. The summed E-state index contributed by atoms with van der Waals surface area (Å²) in [5.74, 6) is -0.592. The highest BCUT2D eigenvalue weighted by molar-refractivity contribution is 5.67. The highest BCUT2D eigenvalue weighted by Gasteiger charge is 2.34. The minimum absolute atomic E-state index is 0.131. The van der Waals surface area contributed by atoms with E-state index in [1.807, 2.05) is 6.92 Å². The Kier molecular flexibility index (Phi) is 4.33. The first-order valence-electron chi connectivity index (χ1n) is 8.66. The van der Waals surface area contributed by atoms with Gasteiger partial charge in [-0.2, -0.15) is 18.3 Å². The van der Waals surface area contributed by atoms with Crippen LogP contribution in [0.25, 0.3) is 28.2 Å². The Morgan fingerprint density at radius 3 is 2.59 bits per heavy atom. The largest absolute Gasteiger partial charge is 0.419 e. The minimum atomic E-state index is -4.62. The van der Waals surface area contributed by atoms with Gasteiger partial charge in [0.15, 0.2) is 5.65 Å². The topological polar surface area (TPSA) is 91.1 Å². The molecule has 0 atom stereocenters. The Labute approximate surface area is 162 Å². The first-order chi connectivity index (χ1) is 13.8. The van der Waals surface area contributed by atoms with E-state index in [9.17, 15) is 18.0 Å². The lowest BCUT2D eigenvalue weighted by molar-refractivity contribution is -0.137. The normalized spacial score (nSPS) is 11.9. The number of fused-ring (bicyclic) bond motifs is 1. The summed E-state index contributed by atoms with van der Waals surface area (Å²) in [6.45, 7) is 2.35. The van der Waals surface area contributed by atoms with E-state index in [2.05, 4.69) is 15.1 Å². The highest BCUT2D eigenvalue weighted by atomic mass is 19.4. The third-order valence-corrected chi connectivity index (χ3v) is 4.50. The molecule has 2 N–H and O–H groups in total. The SMILES string of the molecule is CCn1cc(-c2ccc3ncc(-c4cnc(N)c(C(F)(F)F)c4)n3n2)ccc1=O. The summed E-state index contributed by atoms with van der Waals surface area (Å²) in [5.41, 5.74) is 6.45. The maximum absolute atomic E-state index is 13.2. The van der Waals surface area contributed by atoms with Crippen molar-refractivity contribution in [2.75, 3.05) is 5.73 Å². The van der Waals surface area contributed by atoms with Crippen molar-refractivity contribution in [2.24, 2.45) is 0 Å². The molecule has 7 nitrogen and oxygen atoms in total. The van der Waals surface area contributed by atoms with Gasteiger partial charge in [-0.15, -0.1) is 0 Å². The molecule has 0 bridgehead atoms. The first-order valence-corrected chi connectivity index (χ1v) is 8.66. The molecule has 0 aliphatic carbocycles. The van der Waals surface area contributed by atoms with Crippen molar-refractivity contribution in [3.05, 3.63) is 64.8 Å². The lowest BCUT2D eigenvalue weighted by atomic mass is 10.1. The van der Waals surface area contributed by atoms with Crippen LogP contribution in [0, 0.1) is 0 Å². The fourth-order valence-electron chi connectivity index (χ4n) is 3.00. The van der Waals surface area contributed by atoms with Crippen molar-refractivity contribution in [3.63, 3.8) is 0 Å². The quantitative estimate of drug-likeness (QED) is 0.570. The van der Waals surface area contributed by atoms with E-state index in [1.54, 1.807) is 24.4 Å². The molecule has 29 heavy (non-hydrogen) atoms. The summed E-state index contributed by atoms with van der Waals surface area (Å²) >= 11 is 0. The van der Waals surface area contributed by atoms with E-state index in [-0.39, 0.29) is 11.1 Å². The summed E-state index contributed by atoms with van der Waals surface area (Å²) in [5, 5.41) is 4.50. The van der Waals surface area contributed by atoms with Gasteiger partial charge < -0.3 is 10.3 Å². The maximum atomic E-state index is 13.2. The van der Waals surface area contributed by atoms with Gasteiger partial charge in [0, 0.05) is 36.1 Å². The molecule has 0 radical (unpaired) electrons. The average molecular weight is 400 g/mol. The number of imidazole rings is 1. The number of aromatic nitrogens is 5. The molecule has 148 valence electrons. The van der Waals surface area contributed by atoms with Gasteiger partial charge in [0.2, 0.25) is 0 Å². The van der Waals surface area contributed by atoms with E-state index < -0.39 is 17.6 Å².